The Hall–Kier alpha value is -6.17. The van der Waals surface area contributed by atoms with Crippen LogP contribution in [0.1, 0.15) is 38.8 Å². The van der Waals surface area contributed by atoms with Crippen LogP contribution >= 0.6 is 0 Å². The van der Waals surface area contributed by atoms with Crippen molar-refractivity contribution in [2.75, 3.05) is 0 Å². The normalized spacial score (nSPS) is 20.9. The predicted octanol–water partition coefficient (Wildman–Crippen LogP) is 5.13. The second-order valence-corrected chi connectivity index (χ2v) is 12.2. The Bertz CT molecular complexity index is 1810. The molecule has 1 unspecified atom stereocenters. The van der Waals surface area contributed by atoms with Gasteiger partial charge < -0.3 is 35.7 Å². The van der Waals surface area contributed by atoms with E-state index in [2.05, 4.69) is 0 Å². The molecule has 0 amide bonds. The number of ketones is 4. The maximum absolute atomic E-state index is 13.8. The molecule has 2 aromatic carbocycles. The van der Waals surface area contributed by atoms with Gasteiger partial charge in [-0.15, -0.1) is 0 Å². The van der Waals surface area contributed by atoms with Crippen LogP contribution in [0.25, 0.3) is 12.2 Å². The Morgan fingerprint density at radius 1 is 0.562 bits per heavy atom. The summed E-state index contributed by atoms with van der Waals surface area (Å²) in [7, 11) is 0. The summed E-state index contributed by atoms with van der Waals surface area (Å²) < 4.78 is 0. The monoisotopic (exact) mass is 656 g/mol. The molecule has 0 bridgehead atoms. The van der Waals surface area contributed by atoms with Crippen LogP contribution in [0, 0.1) is 16.7 Å². The summed E-state index contributed by atoms with van der Waals surface area (Å²) in [5.74, 6) is -13.4. The average molecular weight is 657 g/mol. The van der Waals surface area contributed by atoms with Crippen LogP contribution in [0.5, 0.6) is 11.5 Å². The highest BCUT2D eigenvalue weighted by molar-refractivity contribution is 6.29. The van der Waals surface area contributed by atoms with Gasteiger partial charge in [0.2, 0.25) is 0 Å². The maximum atomic E-state index is 13.8. The molecule has 0 radical (unpaired) electrons. The fourth-order valence-corrected chi connectivity index (χ4v) is 5.29. The molecule has 2 aliphatic carbocycles. The van der Waals surface area contributed by atoms with Crippen molar-refractivity contribution in [3.63, 3.8) is 0 Å². The van der Waals surface area contributed by atoms with Crippen LogP contribution in [0.2, 0.25) is 0 Å². The Labute approximate surface area is 273 Å². The number of carbonyl (C=O) groups excluding carboxylic acids is 4. The Morgan fingerprint density at radius 3 is 1.17 bits per heavy atom. The summed E-state index contributed by atoms with van der Waals surface area (Å²) in [6, 6.07) is 11.3. The van der Waals surface area contributed by atoms with E-state index in [9.17, 15) is 59.7 Å². The van der Waals surface area contributed by atoms with E-state index in [-0.39, 0.29) is 11.5 Å². The number of carboxylic acids is 1. The van der Waals surface area contributed by atoms with Gasteiger partial charge in [0, 0.05) is 0 Å². The van der Waals surface area contributed by atoms with E-state index in [0.29, 0.717) is 11.1 Å². The fourth-order valence-electron chi connectivity index (χ4n) is 5.29. The minimum Gasteiger partial charge on any atom is -0.508 e. The van der Waals surface area contributed by atoms with Gasteiger partial charge >= 0.3 is 5.97 Å². The minimum atomic E-state index is -2.47. The lowest BCUT2D eigenvalue weighted by atomic mass is 9.63. The van der Waals surface area contributed by atoms with Crippen molar-refractivity contribution in [1.29, 1.82) is 0 Å². The number of hydrogen-bond donors (Lipinski definition) is 7. The second kappa shape index (κ2) is 12.6. The predicted molar refractivity (Wildman–Crippen MR) is 172 cm³/mol. The largest absolute Gasteiger partial charge is 0.508 e. The van der Waals surface area contributed by atoms with E-state index in [0.717, 1.165) is 39.8 Å². The second-order valence-electron chi connectivity index (χ2n) is 12.2. The van der Waals surface area contributed by atoms with Crippen LogP contribution in [0.4, 0.5) is 0 Å². The summed E-state index contributed by atoms with van der Waals surface area (Å²) in [5, 5.41) is 74.0. The van der Waals surface area contributed by atoms with Gasteiger partial charge in [-0.3, -0.25) is 24.0 Å². The van der Waals surface area contributed by atoms with Gasteiger partial charge in [-0.05, 0) is 75.2 Å². The van der Waals surface area contributed by atoms with E-state index in [1.54, 1.807) is 0 Å². The van der Waals surface area contributed by atoms with Crippen molar-refractivity contribution in [1.82, 2.24) is 0 Å². The van der Waals surface area contributed by atoms with Gasteiger partial charge in [-0.1, -0.05) is 36.4 Å². The molecule has 48 heavy (non-hydrogen) atoms. The number of aliphatic carboxylic acids is 1. The van der Waals surface area contributed by atoms with Crippen LogP contribution in [-0.2, 0) is 24.0 Å². The Balaban J connectivity index is 1.98. The van der Waals surface area contributed by atoms with Crippen LogP contribution in [0.3, 0.4) is 0 Å². The van der Waals surface area contributed by atoms with Gasteiger partial charge in [-0.25, -0.2) is 0 Å². The van der Waals surface area contributed by atoms with Crippen LogP contribution in [-0.4, -0.2) is 64.8 Å². The molecule has 0 saturated carbocycles. The molecule has 2 aliphatic rings. The third-order valence-corrected chi connectivity index (χ3v) is 8.19. The molecule has 12 heteroatoms. The third-order valence-electron chi connectivity index (χ3n) is 8.19. The highest BCUT2D eigenvalue weighted by atomic mass is 16.4. The number of Topliss-reactive ketones (excluding diaryl/α,β-unsaturated/α-hetero) is 4. The fraction of sp³-hybridized carbons (Fsp3) is 0.194. The molecule has 0 heterocycles. The number of benzene rings is 2. The molecule has 0 aromatic heterocycles. The molecule has 12 nitrogen and oxygen atoms in total. The molecule has 7 N–H and O–H groups in total. The summed E-state index contributed by atoms with van der Waals surface area (Å²) in [6.45, 7) is 4.48. The quantitative estimate of drug-likeness (QED) is 0.117. The number of carboxylic acid groups (broad SMARTS) is 1. The SMILES string of the molecule is CC1(C)C(=O)C(C(C(=O)O)C2=C(O)/C(=C(O)/C=C/c3ccc(O)cc3)C(=O)C(C)(C)C2=O)=C(O)/C(=C(O)\C=C\c2ccc(O)cc2)C1=O. The minimum absolute atomic E-state index is 0.0400. The highest BCUT2D eigenvalue weighted by Gasteiger charge is 2.56. The third kappa shape index (κ3) is 6.03. The van der Waals surface area contributed by atoms with Crippen LogP contribution in [0.15, 0.2) is 106 Å². The van der Waals surface area contributed by atoms with Gasteiger partial charge in [0.1, 0.15) is 51.6 Å². The van der Waals surface area contributed by atoms with E-state index in [1.807, 2.05) is 0 Å². The lowest BCUT2D eigenvalue weighted by Gasteiger charge is -2.36. The van der Waals surface area contributed by atoms with E-state index >= 15 is 0 Å². The van der Waals surface area contributed by atoms with E-state index in [4.69, 9.17) is 0 Å². The number of aliphatic hydroxyl groups excluding tert-OH is 4. The average Bonchev–Trinajstić information content (AvgIpc) is 3.02. The Kier molecular flexibility index (Phi) is 9.08. The lowest BCUT2D eigenvalue weighted by molar-refractivity contribution is -0.144. The highest BCUT2D eigenvalue weighted by Crippen LogP contribution is 2.46. The van der Waals surface area contributed by atoms with Gasteiger partial charge in [0.25, 0.3) is 0 Å². The number of rotatable bonds is 7. The molecular formula is C36H32O12. The molecule has 0 spiro atoms. The summed E-state index contributed by atoms with van der Waals surface area (Å²) in [5.41, 5.74) is -7.01. The topological polar surface area (TPSA) is 227 Å². The van der Waals surface area contributed by atoms with E-state index < -0.39 is 91.2 Å². The van der Waals surface area contributed by atoms with Crippen LogP contribution < -0.4 is 0 Å². The summed E-state index contributed by atoms with van der Waals surface area (Å²) in [4.78, 5) is 67.3. The summed E-state index contributed by atoms with van der Waals surface area (Å²) >= 11 is 0. The van der Waals surface area contributed by atoms with Crippen molar-refractivity contribution in [2.24, 2.45) is 16.7 Å². The zero-order valence-corrected chi connectivity index (χ0v) is 26.2. The number of phenols is 2. The molecule has 4 rings (SSSR count). The first kappa shape index (κ1) is 34.7. The van der Waals surface area contributed by atoms with Gasteiger partial charge in [0.15, 0.2) is 23.1 Å². The molecular weight excluding hydrogens is 624 g/mol. The van der Waals surface area contributed by atoms with Gasteiger partial charge in [-0.2, -0.15) is 0 Å². The molecule has 0 aliphatic heterocycles. The first-order chi connectivity index (χ1) is 22.3. The number of carbonyl (C=O) groups is 5. The van der Waals surface area contributed by atoms with Crippen molar-refractivity contribution >= 4 is 41.3 Å². The van der Waals surface area contributed by atoms with Gasteiger partial charge in [0.05, 0.1) is 22.0 Å². The zero-order valence-electron chi connectivity index (χ0n) is 26.2. The van der Waals surface area contributed by atoms with Crippen molar-refractivity contribution in [3.8, 4) is 11.5 Å². The number of hydrogen-bond acceptors (Lipinski definition) is 11. The molecule has 1 atom stereocenters. The smallest absolute Gasteiger partial charge is 0.316 e. The maximum Gasteiger partial charge on any atom is 0.316 e. The lowest BCUT2D eigenvalue weighted by Crippen LogP contribution is -2.48. The molecule has 0 fully saturated rings. The zero-order chi connectivity index (χ0) is 35.9. The Morgan fingerprint density at radius 2 is 0.875 bits per heavy atom. The van der Waals surface area contributed by atoms with E-state index in [1.165, 1.54) is 60.7 Å². The number of aromatic hydroxyl groups is 2. The number of allylic oxidation sites excluding steroid dienone is 4. The number of aliphatic hydroxyl groups is 4. The van der Waals surface area contributed by atoms with Crippen molar-refractivity contribution < 1.29 is 59.7 Å². The molecule has 2 aromatic rings. The number of phenolic OH excluding ortho intramolecular Hbond substituents is 2. The molecule has 0 saturated heterocycles. The first-order valence-electron chi connectivity index (χ1n) is 14.4. The summed E-state index contributed by atoms with van der Waals surface area (Å²) in [6.07, 6.45) is 4.61. The van der Waals surface area contributed by atoms with Crippen molar-refractivity contribution in [2.45, 2.75) is 27.7 Å². The van der Waals surface area contributed by atoms with Crippen molar-refractivity contribution in [3.05, 3.63) is 117 Å². The molecule has 248 valence electrons. The first-order valence-corrected chi connectivity index (χ1v) is 14.4. The standard InChI is InChI=1S/C36H32O12/c1-35(2)30(43)23(21(39)15-9-17-5-11-19(37)12-6-17)28(41)26(32(35)45)25(34(47)48)27-29(42)24(31(44)36(3,4)33(27)46)22(40)16-10-18-7-13-20(38)14-8-18/h5-16,25,37-42H,1-4H3,(H,47,48)/b15-9+,16-10+,23-21-,24-22+.